The molecule has 3 aromatic rings. The van der Waals surface area contributed by atoms with Crippen LogP contribution < -0.4 is 4.74 Å². The van der Waals surface area contributed by atoms with Crippen LogP contribution in [0.5, 0.6) is 11.5 Å². The van der Waals surface area contributed by atoms with Crippen LogP contribution in [0.4, 0.5) is 0 Å². The molecule has 1 N–H and O–H groups in total. The van der Waals surface area contributed by atoms with Crippen LogP contribution >= 0.6 is 0 Å². The number of aliphatic hydroxyl groups is 1. The van der Waals surface area contributed by atoms with Crippen molar-refractivity contribution in [2.45, 2.75) is 13.0 Å². The molecule has 3 rings (SSSR count). The third-order valence-corrected chi connectivity index (χ3v) is 3.49. The Morgan fingerprint density at radius 1 is 0.955 bits per heavy atom. The Hall–Kier alpha value is -2.65. The zero-order valence-corrected chi connectivity index (χ0v) is 12.3. The number of hydrogen-bond donors (Lipinski definition) is 1. The molecule has 110 valence electrons. The fourth-order valence-electron chi connectivity index (χ4n) is 2.30. The first-order valence-electron chi connectivity index (χ1n) is 7.15. The van der Waals surface area contributed by atoms with Gasteiger partial charge in [-0.2, -0.15) is 0 Å². The number of pyridine rings is 1. The second-order valence-corrected chi connectivity index (χ2v) is 5.13. The summed E-state index contributed by atoms with van der Waals surface area (Å²) in [6, 6.07) is 19.0. The number of benzene rings is 2. The first-order valence-corrected chi connectivity index (χ1v) is 7.15. The Bertz CT molecular complexity index is 742. The molecule has 22 heavy (non-hydrogen) atoms. The van der Waals surface area contributed by atoms with Crippen LogP contribution in [-0.2, 0) is 0 Å². The highest BCUT2D eigenvalue weighted by Crippen LogP contribution is 2.29. The first-order chi connectivity index (χ1) is 10.7. The maximum absolute atomic E-state index is 10.4. The zero-order valence-electron chi connectivity index (χ0n) is 12.3. The Kier molecular flexibility index (Phi) is 4.17. The SMILES string of the molecule is Cc1cc(C(O)c2cccnc2)ccc1Oc1ccccc1. The van der Waals surface area contributed by atoms with Gasteiger partial charge in [-0.15, -0.1) is 0 Å². The summed E-state index contributed by atoms with van der Waals surface area (Å²) < 4.78 is 5.86. The molecule has 2 aromatic carbocycles. The molecular weight excluding hydrogens is 274 g/mol. The highest BCUT2D eigenvalue weighted by molar-refractivity contribution is 5.41. The van der Waals surface area contributed by atoms with E-state index in [1.54, 1.807) is 12.4 Å². The van der Waals surface area contributed by atoms with Crippen molar-refractivity contribution in [3.8, 4) is 11.5 Å². The normalized spacial score (nSPS) is 11.9. The van der Waals surface area contributed by atoms with E-state index in [0.717, 1.165) is 28.2 Å². The summed E-state index contributed by atoms with van der Waals surface area (Å²) in [5, 5.41) is 10.4. The second-order valence-electron chi connectivity index (χ2n) is 5.13. The van der Waals surface area contributed by atoms with Gasteiger partial charge in [-0.05, 0) is 48.4 Å². The average molecular weight is 291 g/mol. The van der Waals surface area contributed by atoms with Gasteiger partial charge in [0.05, 0.1) is 0 Å². The van der Waals surface area contributed by atoms with Crippen molar-refractivity contribution >= 4 is 0 Å². The van der Waals surface area contributed by atoms with E-state index in [4.69, 9.17) is 4.74 Å². The summed E-state index contributed by atoms with van der Waals surface area (Å²) in [6.07, 6.45) is 2.69. The van der Waals surface area contributed by atoms with E-state index < -0.39 is 6.10 Å². The van der Waals surface area contributed by atoms with Crippen molar-refractivity contribution < 1.29 is 9.84 Å². The molecule has 0 fully saturated rings. The number of ether oxygens (including phenoxy) is 1. The monoisotopic (exact) mass is 291 g/mol. The highest BCUT2D eigenvalue weighted by atomic mass is 16.5. The lowest BCUT2D eigenvalue weighted by molar-refractivity contribution is 0.219. The molecule has 1 unspecified atom stereocenters. The predicted molar refractivity (Wildman–Crippen MR) is 86.0 cm³/mol. The van der Waals surface area contributed by atoms with Gasteiger partial charge in [-0.25, -0.2) is 0 Å². The third kappa shape index (κ3) is 3.15. The molecule has 0 bridgehead atoms. The lowest BCUT2D eigenvalue weighted by Gasteiger charge is -2.14. The summed E-state index contributed by atoms with van der Waals surface area (Å²) in [6.45, 7) is 1.97. The van der Waals surface area contributed by atoms with Crippen molar-refractivity contribution in [3.63, 3.8) is 0 Å². The minimum absolute atomic E-state index is 0.682. The van der Waals surface area contributed by atoms with Crippen molar-refractivity contribution in [2.24, 2.45) is 0 Å². The minimum Gasteiger partial charge on any atom is -0.457 e. The standard InChI is InChI=1S/C19H17NO2/c1-14-12-15(19(21)16-6-5-11-20-13-16)9-10-18(14)22-17-7-3-2-4-8-17/h2-13,19,21H,1H3. The zero-order chi connectivity index (χ0) is 15.4. The topological polar surface area (TPSA) is 42.4 Å². The molecule has 0 saturated heterocycles. The maximum atomic E-state index is 10.4. The predicted octanol–water partition coefficient (Wildman–Crippen LogP) is 4.26. The molecule has 1 atom stereocenters. The lowest BCUT2D eigenvalue weighted by atomic mass is 10.0. The van der Waals surface area contributed by atoms with E-state index in [0.29, 0.717) is 0 Å². The Morgan fingerprint density at radius 3 is 2.45 bits per heavy atom. The van der Waals surface area contributed by atoms with Gasteiger partial charge in [-0.1, -0.05) is 30.3 Å². The van der Waals surface area contributed by atoms with E-state index in [-0.39, 0.29) is 0 Å². The van der Waals surface area contributed by atoms with Gasteiger partial charge in [0.15, 0.2) is 0 Å². The van der Waals surface area contributed by atoms with Crippen molar-refractivity contribution in [3.05, 3.63) is 89.7 Å². The molecule has 3 nitrogen and oxygen atoms in total. The number of aromatic nitrogens is 1. The summed E-state index contributed by atoms with van der Waals surface area (Å²) in [4.78, 5) is 4.04. The van der Waals surface area contributed by atoms with Crippen LogP contribution in [-0.4, -0.2) is 10.1 Å². The molecule has 0 aliphatic rings. The quantitative estimate of drug-likeness (QED) is 0.780. The van der Waals surface area contributed by atoms with Crippen LogP contribution in [0.25, 0.3) is 0 Å². The van der Waals surface area contributed by atoms with Crippen LogP contribution in [0.2, 0.25) is 0 Å². The third-order valence-electron chi connectivity index (χ3n) is 3.49. The van der Waals surface area contributed by atoms with E-state index in [1.165, 1.54) is 0 Å². The number of hydrogen-bond acceptors (Lipinski definition) is 3. The number of rotatable bonds is 4. The summed E-state index contributed by atoms with van der Waals surface area (Å²) in [5.41, 5.74) is 2.58. The smallest absolute Gasteiger partial charge is 0.130 e. The van der Waals surface area contributed by atoms with E-state index in [2.05, 4.69) is 4.98 Å². The highest BCUT2D eigenvalue weighted by Gasteiger charge is 2.12. The number of para-hydroxylation sites is 1. The fraction of sp³-hybridized carbons (Fsp3) is 0.105. The summed E-state index contributed by atoms with van der Waals surface area (Å²) in [7, 11) is 0. The second kappa shape index (κ2) is 6.41. The minimum atomic E-state index is -0.682. The molecule has 0 spiro atoms. The summed E-state index contributed by atoms with van der Waals surface area (Å²) >= 11 is 0. The molecule has 0 aliphatic heterocycles. The Labute approximate surface area is 129 Å². The number of aliphatic hydroxyl groups excluding tert-OH is 1. The van der Waals surface area contributed by atoms with Gasteiger partial charge in [0.25, 0.3) is 0 Å². The van der Waals surface area contributed by atoms with Gasteiger partial charge in [0.2, 0.25) is 0 Å². The van der Waals surface area contributed by atoms with Gasteiger partial charge < -0.3 is 9.84 Å². The van der Waals surface area contributed by atoms with Crippen LogP contribution in [0.1, 0.15) is 22.8 Å². The molecule has 1 heterocycles. The van der Waals surface area contributed by atoms with Gasteiger partial charge >= 0.3 is 0 Å². The van der Waals surface area contributed by atoms with Crippen LogP contribution in [0.3, 0.4) is 0 Å². The van der Waals surface area contributed by atoms with Crippen LogP contribution in [0.15, 0.2) is 73.1 Å². The van der Waals surface area contributed by atoms with Crippen molar-refractivity contribution in [1.82, 2.24) is 4.98 Å². The molecule has 0 saturated carbocycles. The van der Waals surface area contributed by atoms with E-state index in [1.807, 2.05) is 67.6 Å². The van der Waals surface area contributed by atoms with Crippen LogP contribution in [0, 0.1) is 6.92 Å². The molecule has 0 aliphatic carbocycles. The van der Waals surface area contributed by atoms with Crippen molar-refractivity contribution in [1.29, 1.82) is 0 Å². The molecule has 3 heteroatoms. The number of aryl methyl sites for hydroxylation is 1. The Balaban J connectivity index is 1.83. The van der Waals surface area contributed by atoms with E-state index in [9.17, 15) is 5.11 Å². The number of nitrogens with zero attached hydrogens (tertiary/aromatic N) is 1. The average Bonchev–Trinajstić information content (AvgIpc) is 2.58. The lowest BCUT2D eigenvalue weighted by Crippen LogP contribution is -2.01. The molecule has 0 amide bonds. The molecule has 0 radical (unpaired) electrons. The van der Waals surface area contributed by atoms with Gasteiger partial charge in [0.1, 0.15) is 17.6 Å². The van der Waals surface area contributed by atoms with Gasteiger partial charge in [0, 0.05) is 18.0 Å². The molecular formula is C19H17NO2. The molecule has 1 aromatic heterocycles. The maximum Gasteiger partial charge on any atom is 0.130 e. The first kappa shape index (κ1) is 14.3. The summed E-state index contributed by atoms with van der Waals surface area (Å²) in [5.74, 6) is 1.58. The van der Waals surface area contributed by atoms with Gasteiger partial charge in [-0.3, -0.25) is 4.98 Å². The van der Waals surface area contributed by atoms with E-state index >= 15 is 0 Å². The van der Waals surface area contributed by atoms with Crippen molar-refractivity contribution in [2.75, 3.05) is 0 Å². The Morgan fingerprint density at radius 2 is 1.77 bits per heavy atom. The largest absolute Gasteiger partial charge is 0.457 e. The fourth-order valence-corrected chi connectivity index (χ4v) is 2.30.